The number of nitrogens with one attached hydrogen (secondary N) is 2. The SMILES string of the molecule is O=C1CCC(C2Cc3c(OCc4ccc(CN5CCOCC5)cc4)cccc3[NH+]2[O-])C(=O)N1. The number of nitrogens with zero attached hydrogens (tertiary/aromatic N) is 1. The zero-order chi connectivity index (χ0) is 22.8. The van der Waals surface area contributed by atoms with E-state index in [0.717, 1.165) is 44.0 Å². The maximum absolute atomic E-state index is 13.0. The molecule has 8 nitrogen and oxygen atoms in total. The van der Waals surface area contributed by atoms with Gasteiger partial charge in [-0.25, -0.2) is 0 Å². The van der Waals surface area contributed by atoms with Gasteiger partial charge in [-0.15, -0.1) is 0 Å². The monoisotopic (exact) mass is 451 g/mol. The number of piperidine rings is 1. The van der Waals surface area contributed by atoms with Crippen molar-refractivity contribution in [2.45, 2.75) is 38.5 Å². The van der Waals surface area contributed by atoms with E-state index in [1.54, 1.807) is 6.07 Å². The van der Waals surface area contributed by atoms with Gasteiger partial charge in [0.1, 0.15) is 24.1 Å². The number of benzene rings is 2. The molecule has 2 amide bonds. The van der Waals surface area contributed by atoms with Crippen molar-refractivity contribution in [2.75, 3.05) is 26.3 Å². The fourth-order valence-corrected chi connectivity index (χ4v) is 4.99. The molecule has 2 aromatic rings. The Hall–Kier alpha value is -2.78. The average molecular weight is 452 g/mol. The molecular weight excluding hydrogens is 422 g/mol. The van der Waals surface area contributed by atoms with Gasteiger partial charge in [-0.2, -0.15) is 0 Å². The van der Waals surface area contributed by atoms with E-state index in [0.29, 0.717) is 30.9 Å². The van der Waals surface area contributed by atoms with Crippen LogP contribution in [0.15, 0.2) is 42.5 Å². The van der Waals surface area contributed by atoms with E-state index in [1.165, 1.54) is 5.56 Å². The summed E-state index contributed by atoms with van der Waals surface area (Å²) in [4.78, 5) is 26.2. The van der Waals surface area contributed by atoms with Gasteiger partial charge in [0, 0.05) is 32.5 Å². The van der Waals surface area contributed by atoms with E-state index < -0.39 is 12.0 Å². The first-order valence-corrected chi connectivity index (χ1v) is 11.6. The number of amides is 2. The van der Waals surface area contributed by atoms with Crippen LogP contribution in [0.2, 0.25) is 0 Å². The van der Waals surface area contributed by atoms with Crippen LogP contribution in [-0.4, -0.2) is 49.1 Å². The predicted octanol–water partition coefficient (Wildman–Crippen LogP) is 1.09. The van der Waals surface area contributed by atoms with Gasteiger partial charge >= 0.3 is 0 Å². The van der Waals surface area contributed by atoms with Gasteiger partial charge in [0.15, 0.2) is 0 Å². The number of imide groups is 1. The van der Waals surface area contributed by atoms with Crippen LogP contribution in [0.1, 0.15) is 29.5 Å². The van der Waals surface area contributed by atoms with Crippen LogP contribution in [0.4, 0.5) is 5.69 Å². The third-order valence-electron chi connectivity index (χ3n) is 6.85. The molecule has 0 spiro atoms. The fraction of sp³-hybridized carbons (Fsp3) is 0.440. The summed E-state index contributed by atoms with van der Waals surface area (Å²) in [5.41, 5.74) is 3.81. The zero-order valence-electron chi connectivity index (χ0n) is 18.5. The van der Waals surface area contributed by atoms with Crippen LogP contribution in [0.3, 0.4) is 0 Å². The Balaban J connectivity index is 1.22. The minimum Gasteiger partial charge on any atom is -0.629 e. The van der Waals surface area contributed by atoms with E-state index in [-0.39, 0.29) is 23.3 Å². The van der Waals surface area contributed by atoms with Gasteiger partial charge in [-0.05, 0) is 29.7 Å². The van der Waals surface area contributed by atoms with Crippen LogP contribution in [0.25, 0.3) is 0 Å². The van der Waals surface area contributed by atoms with Crippen molar-refractivity contribution >= 4 is 17.5 Å². The van der Waals surface area contributed by atoms with Crippen LogP contribution in [0, 0.1) is 11.1 Å². The number of morpholine rings is 1. The first-order chi connectivity index (χ1) is 16.1. The Morgan fingerprint density at radius 2 is 1.85 bits per heavy atom. The van der Waals surface area contributed by atoms with Crippen molar-refractivity contribution < 1.29 is 24.1 Å². The van der Waals surface area contributed by atoms with Gasteiger partial charge in [0.25, 0.3) is 0 Å². The van der Waals surface area contributed by atoms with Crippen LogP contribution < -0.4 is 15.1 Å². The molecule has 3 atom stereocenters. The molecule has 3 heterocycles. The molecule has 0 aliphatic carbocycles. The molecule has 3 unspecified atom stereocenters. The van der Waals surface area contributed by atoms with E-state index in [9.17, 15) is 14.8 Å². The molecule has 0 bridgehead atoms. The van der Waals surface area contributed by atoms with Crippen LogP contribution >= 0.6 is 0 Å². The molecule has 2 N–H and O–H groups in total. The highest BCUT2D eigenvalue weighted by Gasteiger charge is 2.43. The highest BCUT2D eigenvalue weighted by Crippen LogP contribution is 2.33. The first kappa shape index (κ1) is 22.0. The van der Waals surface area contributed by atoms with E-state index in [2.05, 4.69) is 34.5 Å². The number of ether oxygens (including phenoxy) is 2. The lowest BCUT2D eigenvalue weighted by molar-refractivity contribution is -0.803. The average Bonchev–Trinajstić information content (AvgIpc) is 3.16. The highest BCUT2D eigenvalue weighted by atomic mass is 16.5. The predicted molar refractivity (Wildman–Crippen MR) is 121 cm³/mol. The number of hydrogen-bond acceptors (Lipinski definition) is 6. The molecule has 3 aliphatic rings. The summed E-state index contributed by atoms with van der Waals surface area (Å²) >= 11 is 0. The van der Waals surface area contributed by atoms with Crippen molar-refractivity contribution in [2.24, 2.45) is 5.92 Å². The Morgan fingerprint density at radius 3 is 2.61 bits per heavy atom. The van der Waals surface area contributed by atoms with E-state index in [1.807, 2.05) is 12.1 Å². The third kappa shape index (κ3) is 4.79. The van der Waals surface area contributed by atoms with Crippen LogP contribution in [-0.2, 0) is 33.9 Å². The topological polar surface area (TPSA) is 95.4 Å². The minimum atomic E-state index is -0.463. The van der Waals surface area contributed by atoms with E-state index in [4.69, 9.17) is 9.47 Å². The first-order valence-electron chi connectivity index (χ1n) is 11.6. The van der Waals surface area contributed by atoms with Gasteiger partial charge < -0.3 is 19.7 Å². The summed E-state index contributed by atoms with van der Waals surface area (Å²) in [5, 5.41) is 15.4. The molecule has 5 rings (SSSR count). The summed E-state index contributed by atoms with van der Waals surface area (Å²) in [7, 11) is 0. The molecular formula is C25H29N3O5. The summed E-state index contributed by atoms with van der Waals surface area (Å²) in [6, 6.07) is 13.5. The molecule has 3 aliphatic heterocycles. The summed E-state index contributed by atoms with van der Waals surface area (Å²) in [6.07, 6.45) is 1.17. The Morgan fingerprint density at radius 1 is 1.09 bits per heavy atom. The number of hydroxylamine groups is 1. The molecule has 2 fully saturated rings. The van der Waals surface area contributed by atoms with Crippen molar-refractivity contribution in [1.29, 1.82) is 0 Å². The number of fused-ring (bicyclic) bond motifs is 1. The summed E-state index contributed by atoms with van der Waals surface area (Å²) < 4.78 is 11.5. The van der Waals surface area contributed by atoms with E-state index >= 15 is 0 Å². The number of carbonyl (C=O) groups is 2. The van der Waals surface area contributed by atoms with Crippen molar-refractivity contribution in [1.82, 2.24) is 10.2 Å². The Bertz CT molecular complexity index is 1020. The number of carbonyl (C=O) groups excluding carboxylic acids is 2. The second-order valence-electron chi connectivity index (χ2n) is 9.01. The van der Waals surface area contributed by atoms with Crippen molar-refractivity contribution in [3.63, 3.8) is 0 Å². The zero-order valence-corrected chi connectivity index (χ0v) is 18.5. The lowest BCUT2D eigenvalue weighted by Crippen LogP contribution is -3.06. The molecule has 33 heavy (non-hydrogen) atoms. The fourth-order valence-electron chi connectivity index (χ4n) is 4.99. The summed E-state index contributed by atoms with van der Waals surface area (Å²) in [6.45, 7) is 4.83. The van der Waals surface area contributed by atoms with Gasteiger partial charge in [0.2, 0.25) is 11.8 Å². The largest absolute Gasteiger partial charge is 0.629 e. The number of quaternary nitrogens is 1. The van der Waals surface area contributed by atoms with Gasteiger partial charge in [-0.3, -0.25) is 19.8 Å². The van der Waals surface area contributed by atoms with Crippen molar-refractivity contribution in [3.8, 4) is 5.75 Å². The molecule has 2 aromatic carbocycles. The molecule has 0 aromatic heterocycles. The normalized spacial score (nSPS) is 25.5. The molecule has 174 valence electrons. The molecule has 2 saturated heterocycles. The molecule has 0 saturated carbocycles. The second kappa shape index (κ2) is 9.61. The second-order valence-corrected chi connectivity index (χ2v) is 9.01. The maximum Gasteiger partial charge on any atom is 0.235 e. The Kier molecular flexibility index (Phi) is 6.41. The highest BCUT2D eigenvalue weighted by molar-refractivity contribution is 5.98. The lowest BCUT2D eigenvalue weighted by Gasteiger charge is -2.32. The van der Waals surface area contributed by atoms with Crippen LogP contribution in [0.5, 0.6) is 5.75 Å². The maximum atomic E-state index is 13.0. The Labute approximate surface area is 193 Å². The quantitative estimate of drug-likeness (QED) is 0.504. The summed E-state index contributed by atoms with van der Waals surface area (Å²) in [5.74, 6) is -0.376. The van der Waals surface area contributed by atoms with Gasteiger partial charge in [0.05, 0.1) is 24.7 Å². The molecule has 0 radical (unpaired) electrons. The van der Waals surface area contributed by atoms with Gasteiger partial charge in [-0.1, -0.05) is 30.3 Å². The van der Waals surface area contributed by atoms with Crippen molar-refractivity contribution in [3.05, 3.63) is 64.4 Å². The number of hydrogen-bond donors (Lipinski definition) is 2. The standard InChI is InChI=1S/C25H29N3O5/c29-24-9-8-19(25(30)26-24)22-14-20-21(28(22)31)2-1-3-23(20)33-16-18-6-4-17(5-7-18)15-27-10-12-32-13-11-27/h1-7,19,22,28H,8-16H2,(H,26,29,30). The lowest BCUT2D eigenvalue weighted by atomic mass is 9.88. The minimum absolute atomic E-state index is 0.0302. The third-order valence-corrected chi connectivity index (χ3v) is 6.85. The smallest absolute Gasteiger partial charge is 0.235 e. The molecule has 8 heteroatoms. The number of rotatable bonds is 6.